The third kappa shape index (κ3) is 3.50. The molecule has 1 aliphatic carbocycles. The Kier molecular flexibility index (Phi) is 4.99. The molecule has 1 aromatic carbocycles. The first-order chi connectivity index (χ1) is 12.9. The van der Waals surface area contributed by atoms with E-state index in [1.54, 1.807) is 11.8 Å². The van der Waals surface area contributed by atoms with Crippen LogP contribution in [0.15, 0.2) is 30.3 Å². The average Bonchev–Trinajstić information content (AvgIpc) is 3.08. The number of thiophene rings is 1. The lowest BCUT2D eigenvalue weighted by Crippen LogP contribution is -2.48. The fourth-order valence-corrected chi connectivity index (χ4v) is 5.09. The van der Waals surface area contributed by atoms with Gasteiger partial charge in [-0.1, -0.05) is 30.7 Å². The van der Waals surface area contributed by atoms with E-state index < -0.39 is 6.23 Å². The zero-order valence-corrected chi connectivity index (χ0v) is 17.0. The number of hydrogen-bond donors (Lipinski definition) is 0. The van der Waals surface area contributed by atoms with Crippen LogP contribution in [-0.4, -0.2) is 18.1 Å². The number of anilines is 1. The van der Waals surface area contributed by atoms with Crippen molar-refractivity contribution in [1.82, 2.24) is 0 Å². The number of halogens is 1. The largest absolute Gasteiger partial charge is 0.437 e. The summed E-state index contributed by atoms with van der Waals surface area (Å²) in [6.45, 7) is 4.01. The summed E-state index contributed by atoms with van der Waals surface area (Å²) >= 11 is 7.34. The van der Waals surface area contributed by atoms with Gasteiger partial charge in [-0.3, -0.25) is 9.69 Å². The van der Waals surface area contributed by atoms with Gasteiger partial charge in [0.25, 0.3) is 0 Å². The number of carbonyl (C=O) groups excluding carboxylic acids is 2. The van der Waals surface area contributed by atoms with E-state index in [9.17, 15) is 9.59 Å². The molecule has 6 heteroatoms. The number of rotatable bonds is 2. The van der Waals surface area contributed by atoms with Crippen LogP contribution in [0.1, 0.15) is 49.2 Å². The van der Waals surface area contributed by atoms with Gasteiger partial charge in [0.1, 0.15) is 4.88 Å². The number of fused-ring (bicyclic) bond motifs is 1. The maximum atomic E-state index is 13.3. The Hall–Kier alpha value is -1.85. The molecule has 0 spiro atoms. The molecule has 2 heterocycles. The minimum atomic E-state index is -0.579. The summed E-state index contributed by atoms with van der Waals surface area (Å²) in [5.41, 5.74) is 1.65. The summed E-state index contributed by atoms with van der Waals surface area (Å²) in [4.78, 5) is 28.8. The second-order valence-corrected chi connectivity index (χ2v) is 8.99. The molecule has 0 N–H and O–H groups in total. The Morgan fingerprint density at radius 1 is 1.15 bits per heavy atom. The second kappa shape index (κ2) is 7.28. The van der Waals surface area contributed by atoms with Crippen molar-refractivity contribution in [2.24, 2.45) is 11.8 Å². The quantitative estimate of drug-likeness (QED) is 0.600. The lowest BCUT2D eigenvalue weighted by Gasteiger charge is -2.36. The van der Waals surface area contributed by atoms with Gasteiger partial charge < -0.3 is 4.74 Å². The molecule has 1 fully saturated rings. The molecule has 2 aromatic rings. The first kappa shape index (κ1) is 18.5. The molecule has 1 unspecified atom stereocenters. The van der Waals surface area contributed by atoms with E-state index in [2.05, 4.69) is 6.92 Å². The molecule has 4 rings (SSSR count). The summed E-state index contributed by atoms with van der Waals surface area (Å²) < 4.78 is 5.48. The molecule has 0 radical (unpaired) electrons. The zero-order valence-electron chi connectivity index (χ0n) is 15.4. The fraction of sp³-hybridized carbons (Fsp3) is 0.429. The number of nitrogens with zero attached hydrogens (tertiary/aromatic N) is 1. The van der Waals surface area contributed by atoms with Crippen molar-refractivity contribution in [1.29, 1.82) is 0 Å². The van der Waals surface area contributed by atoms with Crippen LogP contribution in [-0.2, 0) is 9.53 Å². The molecule has 142 valence electrons. The van der Waals surface area contributed by atoms with Crippen molar-refractivity contribution >= 4 is 40.5 Å². The maximum Gasteiger partial charge on any atom is 0.352 e. The van der Waals surface area contributed by atoms with E-state index in [-0.39, 0.29) is 17.8 Å². The van der Waals surface area contributed by atoms with Gasteiger partial charge in [0.2, 0.25) is 5.91 Å². The van der Waals surface area contributed by atoms with Crippen molar-refractivity contribution in [2.75, 3.05) is 4.90 Å². The molecule has 2 aliphatic rings. The normalized spacial score (nSPS) is 25.1. The molecule has 0 saturated heterocycles. The van der Waals surface area contributed by atoms with Crippen LogP contribution in [0.4, 0.5) is 5.69 Å². The lowest BCUT2D eigenvalue weighted by molar-refractivity contribution is -0.125. The number of cyclic esters (lactones) is 1. The van der Waals surface area contributed by atoms with Gasteiger partial charge in [0.15, 0.2) is 6.23 Å². The second-order valence-electron chi connectivity index (χ2n) is 7.50. The number of hydrogen-bond acceptors (Lipinski definition) is 4. The van der Waals surface area contributed by atoms with Gasteiger partial charge in [0.05, 0.1) is 5.69 Å². The van der Waals surface area contributed by atoms with Gasteiger partial charge in [-0.2, -0.15) is 0 Å². The first-order valence-electron chi connectivity index (χ1n) is 9.38. The van der Waals surface area contributed by atoms with E-state index in [1.807, 2.05) is 30.3 Å². The van der Waals surface area contributed by atoms with E-state index in [0.717, 1.165) is 36.1 Å². The van der Waals surface area contributed by atoms with E-state index >= 15 is 0 Å². The van der Waals surface area contributed by atoms with Crippen LogP contribution in [0.2, 0.25) is 5.02 Å². The summed E-state index contributed by atoms with van der Waals surface area (Å²) in [5, 5.41) is 0.663. The van der Waals surface area contributed by atoms with Crippen LogP contribution < -0.4 is 4.90 Å². The van der Waals surface area contributed by atoms with Crippen molar-refractivity contribution < 1.29 is 14.3 Å². The van der Waals surface area contributed by atoms with E-state index in [0.29, 0.717) is 21.5 Å². The standard InChI is InChI=1S/C21H22ClNO3S/c1-12-3-5-15(6-4-12)20(24)23-13(2)26-21(25)19-17(23)11-18(27-19)14-7-9-16(22)10-8-14/h7-13,15H,3-6H2,1-2H3. The van der Waals surface area contributed by atoms with Crippen LogP contribution in [0.5, 0.6) is 0 Å². The van der Waals surface area contributed by atoms with Gasteiger partial charge in [-0.25, -0.2) is 4.79 Å². The fourth-order valence-electron chi connectivity index (χ4n) is 3.92. The third-order valence-electron chi connectivity index (χ3n) is 5.53. The Balaban J connectivity index is 1.68. The lowest BCUT2D eigenvalue weighted by atomic mass is 9.82. The highest BCUT2D eigenvalue weighted by Crippen LogP contribution is 2.42. The molecular formula is C21H22ClNO3S. The smallest absolute Gasteiger partial charge is 0.352 e. The van der Waals surface area contributed by atoms with Crippen molar-refractivity contribution in [3.63, 3.8) is 0 Å². The van der Waals surface area contributed by atoms with Gasteiger partial charge in [-0.05, 0) is 62.3 Å². The predicted molar refractivity (Wildman–Crippen MR) is 108 cm³/mol. The molecule has 1 aromatic heterocycles. The minimum absolute atomic E-state index is 0.00665. The topological polar surface area (TPSA) is 46.6 Å². The van der Waals surface area contributed by atoms with Crippen molar-refractivity contribution in [2.45, 2.75) is 45.8 Å². The first-order valence-corrected chi connectivity index (χ1v) is 10.6. The molecule has 1 aliphatic heterocycles. The molecule has 0 bridgehead atoms. The number of ether oxygens (including phenoxy) is 1. The highest BCUT2D eigenvalue weighted by Gasteiger charge is 2.39. The molecule has 1 atom stereocenters. The van der Waals surface area contributed by atoms with Crippen LogP contribution in [0.25, 0.3) is 10.4 Å². The number of amides is 1. The number of carbonyl (C=O) groups is 2. The average molecular weight is 404 g/mol. The van der Waals surface area contributed by atoms with Gasteiger partial charge in [-0.15, -0.1) is 11.3 Å². The highest BCUT2D eigenvalue weighted by atomic mass is 35.5. The van der Waals surface area contributed by atoms with Crippen molar-refractivity contribution in [3.05, 3.63) is 40.2 Å². The summed E-state index contributed by atoms with van der Waals surface area (Å²) in [6.07, 6.45) is 3.38. The van der Waals surface area contributed by atoms with E-state index in [4.69, 9.17) is 16.3 Å². The summed E-state index contributed by atoms with van der Waals surface area (Å²) in [6, 6.07) is 9.42. The SMILES string of the molecule is CC1CCC(C(=O)N2c3cc(-c4ccc(Cl)cc4)sc3C(=O)OC2C)CC1. The third-order valence-corrected chi connectivity index (χ3v) is 6.94. The van der Waals surface area contributed by atoms with Gasteiger partial charge in [0, 0.05) is 15.8 Å². The molecule has 27 heavy (non-hydrogen) atoms. The van der Waals surface area contributed by atoms with Crippen LogP contribution in [0.3, 0.4) is 0 Å². The molecule has 1 saturated carbocycles. The zero-order chi connectivity index (χ0) is 19.1. The summed E-state index contributed by atoms with van der Waals surface area (Å²) in [7, 11) is 0. The molecular weight excluding hydrogens is 382 g/mol. The Morgan fingerprint density at radius 3 is 2.48 bits per heavy atom. The van der Waals surface area contributed by atoms with Crippen LogP contribution >= 0.6 is 22.9 Å². The Labute approximate surface area is 168 Å². The van der Waals surface area contributed by atoms with Gasteiger partial charge >= 0.3 is 5.97 Å². The Morgan fingerprint density at radius 2 is 1.81 bits per heavy atom. The number of esters is 1. The minimum Gasteiger partial charge on any atom is -0.437 e. The Bertz CT molecular complexity index is 868. The van der Waals surface area contributed by atoms with Crippen LogP contribution in [0, 0.1) is 11.8 Å². The summed E-state index contributed by atoms with van der Waals surface area (Å²) in [5.74, 6) is 0.402. The monoisotopic (exact) mass is 403 g/mol. The maximum absolute atomic E-state index is 13.3. The van der Waals surface area contributed by atoms with Crippen molar-refractivity contribution in [3.8, 4) is 10.4 Å². The predicted octanol–water partition coefficient (Wildman–Crippen LogP) is 5.74. The molecule has 4 nitrogen and oxygen atoms in total. The van der Waals surface area contributed by atoms with E-state index in [1.165, 1.54) is 11.3 Å². The number of benzene rings is 1. The molecule has 1 amide bonds. The highest BCUT2D eigenvalue weighted by molar-refractivity contribution is 7.18.